The molecule has 4 rings (SSSR count). The first-order chi connectivity index (χ1) is 15.7. The summed E-state index contributed by atoms with van der Waals surface area (Å²) in [6, 6.07) is 0. The van der Waals surface area contributed by atoms with E-state index in [0.717, 1.165) is 31.1 Å². The van der Waals surface area contributed by atoms with Gasteiger partial charge < -0.3 is 10.6 Å². The Kier molecular flexibility index (Phi) is 8.95. The van der Waals surface area contributed by atoms with Crippen molar-refractivity contribution in [2.24, 2.45) is 16.3 Å². The third-order valence-corrected chi connectivity index (χ3v) is 6.76. The van der Waals surface area contributed by atoms with Crippen molar-refractivity contribution in [3.8, 4) is 0 Å². The number of likely N-dealkylation sites (tertiary alicyclic amines) is 1. The molecular formula is C29H46N4. The Morgan fingerprint density at radius 3 is 2.67 bits per heavy atom. The zero-order valence-corrected chi connectivity index (χ0v) is 21.7. The van der Waals surface area contributed by atoms with Gasteiger partial charge in [0.1, 0.15) is 0 Å². The lowest BCUT2D eigenvalue weighted by atomic mass is 9.57. The summed E-state index contributed by atoms with van der Waals surface area (Å²) in [6.45, 7) is 17.4. The fraction of sp³-hybridized carbons (Fsp3) is 0.621. The van der Waals surface area contributed by atoms with Crippen LogP contribution in [-0.4, -0.2) is 49.9 Å². The smallest absolute Gasteiger partial charge is 0.0576 e. The Morgan fingerprint density at radius 1 is 1.30 bits per heavy atom. The first-order valence-corrected chi connectivity index (χ1v) is 12.8. The van der Waals surface area contributed by atoms with Gasteiger partial charge >= 0.3 is 0 Å². The minimum atomic E-state index is 0.131. The monoisotopic (exact) mass is 450 g/mol. The molecule has 2 heterocycles. The predicted octanol–water partition coefficient (Wildman–Crippen LogP) is 5.78. The van der Waals surface area contributed by atoms with Crippen LogP contribution in [0, 0.1) is 11.3 Å². The minimum absolute atomic E-state index is 0.131. The van der Waals surface area contributed by atoms with Crippen molar-refractivity contribution < 1.29 is 0 Å². The zero-order valence-electron chi connectivity index (χ0n) is 21.7. The van der Waals surface area contributed by atoms with E-state index in [1.165, 1.54) is 62.0 Å². The van der Waals surface area contributed by atoms with Crippen LogP contribution in [0.2, 0.25) is 0 Å². The van der Waals surface area contributed by atoms with Crippen LogP contribution in [0.3, 0.4) is 0 Å². The summed E-state index contributed by atoms with van der Waals surface area (Å²) in [4.78, 5) is 6.94. The Balaban J connectivity index is 0.000000194. The predicted molar refractivity (Wildman–Crippen MR) is 144 cm³/mol. The van der Waals surface area contributed by atoms with E-state index < -0.39 is 0 Å². The normalized spacial score (nSPS) is 22.2. The molecule has 1 spiro atoms. The van der Waals surface area contributed by atoms with Crippen molar-refractivity contribution in [2.75, 3.05) is 33.2 Å². The maximum Gasteiger partial charge on any atom is 0.0576 e. The van der Waals surface area contributed by atoms with Crippen molar-refractivity contribution in [1.82, 2.24) is 15.5 Å². The topological polar surface area (TPSA) is 39.7 Å². The Hall–Kier alpha value is -1.91. The summed E-state index contributed by atoms with van der Waals surface area (Å²) in [5.41, 5.74) is 6.06. The number of nitrogens with one attached hydrogen (secondary N) is 2. The third kappa shape index (κ3) is 7.55. The standard InChI is InChI=1S/C17H30N2.C12H16N2/c1-6-7-8-15-9-17(10-15)12-19(13-17)11-14(2)18-16(3,4)5;1-13-9-12-11(7-8-14-12)10-5-3-2-4-6-10/h7-8,15,18H,2,6,9-13H2,1,3-5H3;2-3,5,8,13H,4,6-7,9H2,1H3/b8-7-;. The summed E-state index contributed by atoms with van der Waals surface area (Å²) < 4.78 is 0. The number of aliphatic imine (C=N–C) groups is 1. The number of allylic oxidation sites excluding steroid dienone is 7. The molecule has 0 aromatic carbocycles. The van der Waals surface area contributed by atoms with Crippen LogP contribution in [0.4, 0.5) is 0 Å². The number of rotatable bonds is 8. The van der Waals surface area contributed by atoms with Crippen molar-refractivity contribution in [2.45, 2.75) is 71.8 Å². The molecule has 1 saturated heterocycles. The van der Waals surface area contributed by atoms with Gasteiger partial charge in [0.05, 0.1) is 5.70 Å². The molecule has 4 heteroatoms. The quantitative estimate of drug-likeness (QED) is 0.461. The van der Waals surface area contributed by atoms with E-state index in [1.807, 2.05) is 13.3 Å². The molecular weight excluding hydrogens is 404 g/mol. The van der Waals surface area contributed by atoms with E-state index in [9.17, 15) is 0 Å². The van der Waals surface area contributed by atoms with Crippen LogP contribution in [0.25, 0.3) is 0 Å². The lowest BCUT2D eigenvalue weighted by molar-refractivity contribution is -0.0775. The van der Waals surface area contributed by atoms with Gasteiger partial charge in [-0.1, -0.05) is 43.9 Å². The van der Waals surface area contributed by atoms with E-state index in [-0.39, 0.29) is 5.54 Å². The average molecular weight is 451 g/mol. The second kappa shape index (κ2) is 11.5. The third-order valence-electron chi connectivity index (χ3n) is 6.76. The SMILES string of the molecule is C=C(CN1CC2(CC(/C=C\CC)C2)C1)NC(C)(C)C.CNCC1=C(C2=CC=CCC2)CC=N1. The largest absolute Gasteiger partial charge is 0.383 e. The molecule has 1 saturated carbocycles. The second-order valence-electron chi connectivity index (χ2n) is 11.3. The highest BCUT2D eigenvalue weighted by Gasteiger charge is 2.51. The van der Waals surface area contributed by atoms with Crippen LogP contribution in [0.5, 0.6) is 0 Å². The number of nitrogens with zero attached hydrogens (tertiary/aromatic N) is 2. The van der Waals surface area contributed by atoms with E-state index in [1.54, 1.807) is 0 Å². The molecule has 0 atom stereocenters. The summed E-state index contributed by atoms with van der Waals surface area (Å²) in [5.74, 6) is 0.859. The van der Waals surface area contributed by atoms with Crippen LogP contribution >= 0.6 is 0 Å². The van der Waals surface area contributed by atoms with Crippen LogP contribution in [-0.2, 0) is 0 Å². The van der Waals surface area contributed by atoms with E-state index in [0.29, 0.717) is 5.41 Å². The highest BCUT2D eigenvalue weighted by Crippen LogP contribution is 2.52. The van der Waals surface area contributed by atoms with Crippen molar-refractivity contribution in [3.05, 3.63) is 59.5 Å². The Bertz CT molecular complexity index is 820. The van der Waals surface area contributed by atoms with Gasteiger partial charge in [0.15, 0.2) is 0 Å². The summed E-state index contributed by atoms with van der Waals surface area (Å²) in [5, 5.41) is 6.63. The van der Waals surface area contributed by atoms with E-state index in [2.05, 4.69) is 85.2 Å². The van der Waals surface area contributed by atoms with Gasteiger partial charge in [0, 0.05) is 50.1 Å². The lowest BCUT2D eigenvalue weighted by Gasteiger charge is -2.59. The average Bonchev–Trinajstić information content (AvgIpc) is 3.16. The van der Waals surface area contributed by atoms with Gasteiger partial charge in [0.2, 0.25) is 0 Å². The van der Waals surface area contributed by atoms with Crippen molar-refractivity contribution >= 4 is 6.21 Å². The molecule has 0 aromatic rings. The van der Waals surface area contributed by atoms with Gasteiger partial charge in [-0.2, -0.15) is 0 Å². The van der Waals surface area contributed by atoms with Gasteiger partial charge in [0.25, 0.3) is 0 Å². The molecule has 182 valence electrons. The maximum atomic E-state index is 4.41. The molecule has 4 nitrogen and oxygen atoms in total. The van der Waals surface area contributed by atoms with Gasteiger partial charge in [-0.05, 0) is 82.4 Å². The Labute approximate surface area is 202 Å². The number of hydrogen-bond acceptors (Lipinski definition) is 4. The first-order valence-electron chi connectivity index (χ1n) is 12.8. The molecule has 2 fully saturated rings. The molecule has 2 N–H and O–H groups in total. The van der Waals surface area contributed by atoms with E-state index in [4.69, 9.17) is 0 Å². The molecule has 4 aliphatic rings. The summed E-state index contributed by atoms with van der Waals surface area (Å²) >= 11 is 0. The molecule has 2 aliphatic carbocycles. The van der Waals surface area contributed by atoms with Crippen LogP contribution < -0.4 is 10.6 Å². The number of likely N-dealkylation sites (N-methyl/N-ethyl adjacent to an activating group) is 1. The van der Waals surface area contributed by atoms with Crippen LogP contribution in [0.1, 0.15) is 66.2 Å². The molecule has 0 amide bonds. The highest BCUT2D eigenvalue weighted by atomic mass is 15.2. The zero-order chi connectivity index (χ0) is 23.9. The maximum absolute atomic E-state index is 4.41. The summed E-state index contributed by atoms with van der Waals surface area (Å²) in [6.07, 6.45) is 20.7. The molecule has 2 aliphatic heterocycles. The molecule has 0 bridgehead atoms. The highest BCUT2D eigenvalue weighted by molar-refractivity contribution is 5.70. The fourth-order valence-corrected chi connectivity index (χ4v) is 5.56. The molecule has 0 aromatic heterocycles. The molecule has 33 heavy (non-hydrogen) atoms. The summed E-state index contributed by atoms with van der Waals surface area (Å²) in [7, 11) is 1.97. The van der Waals surface area contributed by atoms with Gasteiger partial charge in [-0.15, -0.1) is 0 Å². The molecule has 0 radical (unpaired) electrons. The van der Waals surface area contributed by atoms with E-state index >= 15 is 0 Å². The first kappa shape index (κ1) is 25.7. The Morgan fingerprint density at radius 2 is 2.06 bits per heavy atom. The van der Waals surface area contributed by atoms with Crippen LogP contribution in [0.15, 0.2) is 64.5 Å². The van der Waals surface area contributed by atoms with Crippen molar-refractivity contribution in [3.63, 3.8) is 0 Å². The fourth-order valence-electron chi connectivity index (χ4n) is 5.56. The molecule has 0 unspecified atom stereocenters. The van der Waals surface area contributed by atoms with Gasteiger partial charge in [-0.3, -0.25) is 9.89 Å². The number of hydrogen-bond donors (Lipinski definition) is 2. The van der Waals surface area contributed by atoms with Gasteiger partial charge in [-0.25, -0.2) is 0 Å². The minimum Gasteiger partial charge on any atom is -0.383 e. The van der Waals surface area contributed by atoms with Crippen molar-refractivity contribution in [1.29, 1.82) is 0 Å². The second-order valence-corrected chi connectivity index (χ2v) is 11.3. The lowest BCUT2D eigenvalue weighted by Crippen LogP contribution is -2.62.